The Kier molecular flexibility index (Phi) is 6.52. The molecule has 3 aromatic rings. The van der Waals surface area contributed by atoms with Crippen LogP contribution in [0.5, 0.6) is 5.88 Å². The number of imidazole rings is 1. The molecular formula is C26H24ClF2N5O. The lowest BCUT2D eigenvalue weighted by molar-refractivity contribution is 0.270. The maximum atomic E-state index is 14.2. The minimum absolute atomic E-state index is 0.169. The highest BCUT2D eigenvalue weighted by Gasteiger charge is 2.43. The summed E-state index contributed by atoms with van der Waals surface area (Å²) in [6.45, 7) is 0.538. The van der Waals surface area contributed by atoms with E-state index in [1.807, 2.05) is 6.20 Å². The molecule has 0 bridgehead atoms. The molecule has 0 saturated heterocycles. The number of rotatable bonds is 8. The van der Waals surface area contributed by atoms with Crippen LogP contribution in [0.3, 0.4) is 0 Å². The molecule has 6 nitrogen and oxygen atoms in total. The topological polar surface area (TPSA) is 76.6 Å². The van der Waals surface area contributed by atoms with E-state index in [-0.39, 0.29) is 28.5 Å². The first-order chi connectivity index (χ1) is 16.9. The fourth-order valence-corrected chi connectivity index (χ4v) is 4.54. The van der Waals surface area contributed by atoms with E-state index in [9.17, 15) is 14.0 Å². The standard InChI is InChI=1S/C26H24ClF2N5O/c27-20-6-5-19(21(28)12-20)14-35-25-22(29)13-32-24(33-25)18-3-1-17(2-4-18)11-23-31-9-10-34(23)16-26(15-30)7-8-26/h3,5-6,9-10,12-13,17H,1-2,4,7-8,11,14,16H2. The third-order valence-corrected chi connectivity index (χ3v) is 6.97. The second-order valence-corrected chi connectivity index (χ2v) is 9.74. The van der Waals surface area contributed by atoms with Gasteiger partial charge in [0.05, 0.1) is 17.7 Å². The highest BCUT2D eigenvalue weighted by molar-refractivity contribution is 6.30. The number of nitrogens with zero attached hydrogens (tertiary/aromatic N) is 5. The smallest absolute Gasteiger partial charge is 0.254 e. The average Bonchev–Trinajstić information content (AvgIpc) is 3.51. The van der Waals surface area contributed by atoms with E-state index in [2.05, 4.69) is 31.7 Å². The molecular weight excluding hydrogens is 472 g/mol. The summed E-state index contributed by atoms with van der Waals surface area (Å²) >= 11 is 5.77. The number of aromatic nitrogens is 4. The molecule has 9 heteroatoms. The van der Waals surface area contributed by atoms with Crippen LogP contribution in [0.1, 0.15) is 49.3 Å². The molecule has 1 fully saturated rings. The molecule has 2 aromatic heterocycles. The number of nitriles is 1. The summed E-state index contributed by atoms with van der Waals surface area (Å²) in [5, 5.41) is 9.68. The maximum Gasteiger partial charge on any atom is 0.254 e. The molecule has 1 unspecified atom stereocenters. The molecule has 35 heavy (non-hydrogen) atoms. The molecule has 0 aliphatic heterocycles. The zero-order chi connectivity index (χ0) is 24.4. The van der Waals surface area contributed by atoms with Crippen molar-refractivity contribution in [2.24, 2.45) is 11.3 Å². The summed E-state index contributed by atoms with van der Waals surface area (Å²) in [6.07, 6.45) is 12.2. The van der Waals surface area contributed by atoms with Gasteiger partial charge in [-0.05, 0) is 55.7 Å². The van der Waals surface area contributed by atoms with Gasteiger partial charge in [0.2, 0.25) is 5.82 Å². The van der Waals surface area contributed by atoms with E-state index in [0.29, 0.717) is 18.3 Å². The van der Waals surface area contributed by atoms with Gasteiger partial charge in [0.1, 0.15) is 18.2 Å². The predicted molar refractivity (Wildman–Crippen MR) is 126 cm³/mol. The molecule has 0 N–H and O–H groups in total. The van der Waals surface area contributed by atoms with Crippen LogP contribution in [0.4, 0.5) is 8.78 Å². The van der Waals surface area contributed by atoms with Crippen LogP contribution >= 0.6 is 11.6 Å². The number of halogens is 3. The average molecular weight is 496 g/mol. The van der Waals surface area contributed by atoms with E-state index in [4.69, 9.17) is 16.3 Å². The minimum Gasteiger partial charge on any atom is -0.471 e. The van der Waals surface area contributed by atoms with Crippen molar-refractivity contribution in [2.45, 2.75) is 51.7 Å². The Bertz CT molecular complexity index is 1310. The lowest BCUT2D eigenvalue weighted by atomic mass is 9.87. The Hall–Kier alpha value is -3.31. The molecule has 180 valence electrons. The lowest BCUT2D eigenvalue weighted by Gasteiger charge is -2.22. The van der Waals surface area contributed by atoms with E-state index in [1.54, 1.807) is 12.3 Å². The molecule has 0 spiro atoms. The van der Waals surface area contributed by atoms with Crippen molar-refractivity contribution in [3.05, 3.63) is 76.7 Å². The Labute approximate surface area is 207 Å². The third kappa shape index (κ3) is 5.35. The summed E-state index contributed by atoms with van der Waals surface area (Å²) in [6, 6.07) is 6.68. The molecule has 0 amide bonds. The van der Waals surface area contributed by atoms with Crippen molar-refractivity contribution < 1.29 is 13.5 Å². The summed E-state index contributed by atoms with van der Waals surface area (Å²) < 4.78 is 35.8. The second-order valence-electron chi connectivity index (χ2n) is 9.31. The molecule has 2 aliphatic carbocycles. The predicted octanol–water partition coefficient (Wildman–Crippen LogP) is 5.91. The Balaban J connectivity index is 1.22. The number of allylic oxidation sites excluding steroid dienone is 2. The van der Waals surface area contributed by atoms with Gasteiger partial charge in [0.15, 0.2) is 5.82 Å². The van der Waals surface area contributed by atoms with Crippen molar-refractivity contribution in [2.75, 3.05) is 0 Å². The normalized spacial score (nSPS) is 18.6. The van der Waals surface area contributed by atoms with Crippen LogP contribution < -0.4 is 4.74 Å². The largest absolute Gasteiger partial charge is 0.471 e. The lowest BCUT2D eigenvalue weighted by Crippen LogP contribution is -2.16. The monoisotopic (exact) mass is 495 g/mol. The summed E-state index contributed by atoms with van der Waals surface area (Å²) in [7, 11) is 0. The molecule has 2 heterocycles. The minimum atomic E-state index is -0.699. The summed E-state index contributed by atoms with van der Waals surface area (Å²) in [5.74, 6) is 0.421. The van der Waals surface area contributed by atoms with Gasteiger partial charge in [0, 0.05) is 35.9 Å². The van der Waals surface area contributed by atoms with E-state index in [1.165, 1.54) is 12.1 Å². The van der Waals surface area contributed by atoms with Gasteiger partial charge in [0.25, 0.3) is 5.88 Å². The first-order valence-corrected chi connectivity index (χ1v) is 12.0. The SMILES string of the molecule is N#CC1(Cn2ccnc2CC2CC=C(c3ncc(F)c(OCc4ccc(Cl)cc4F)n3)CC2)CC1. The van der Waals surface area contributed by atoms with Crippen molar-refractivity contribution >= 4 is 17.2 Å². The Morgan fingerprint density at radius 1 is 1.23 bits per heavy atom. The summed E-state index contributed by atoms with van der Waals surface area (Å²) in [5.41, 5.74) is 0.983. The van der Waals surface area contributed by atoms with Gasteiger partial charge in [-0.1, -0.05) is 23.7 Å². The molecule has 0 radical (unpaired) electrons. The number of benzene rings is 1. The fourth-order valence-electron chi connectivity index (χ4n) is 4.38. The Morgan fingerprint density at radius 3 is 2.80 bits per heavy atom. The first-order valence-electron chi connectivity index (χ1n) is 11.6. The number of ether oxygens (including phenoxy) is 1. The van der Waals surface area contributed by atoms with E-state index >= 15 is 0 Å². The van der Waals surface area contributed by atoms with Crippen molar-refractivity contribution in [3.8, 4) is 11.9 Å². The fraction of sp³-hybridized carbons (Fsp3) is 0.385. The van der Waals surface area contributed by atoms with E-state index in [0.717, 1.165) is 56.1 Å². The maximum absolute atomic E-state index is 14.2. The number of hydrogen-bond donors (Lipinski definition) is 0. The van der Waals surface area contributed by atoms with Crippen LogP contribution in [-0.4, -0.2) is 19.5 Å². The van der Waals surface area contributed by atoms with Gasteiger partial charge in [-0.2, -0.15) is 14.6 Å². The zero-order valence-electron chi connectivity index (χ0n) is 19.1. The van der Waals surface area contributed by atoms with Crippen LogP contribution in [0.15, 0.2) is 42.9 Å². The van der Waals surface area contributed by atoms with Gasteiger partial charge < -0.3 is 9.30 Å². The van der Waals surface area contributed by atoms with Crippen LogP contribution in [0.25, 0.3) is 5.57 Å². The molecule has 1 atom stereocenters. The van der Waals surface area contributed by atoms with Gasteiger partial charge in [-0.15, -0.1) is 0 Å². The van der Waals surface area contributed by atoms with E-state index < -0.39 is 11.6 Å². The molecule has 1 aromatic carbocycles. The van der Waals surface area contributed by atoms with Gasteiger partial charge in [-0.25, -0.2) is 14.4 Å². The highest BCUT2D eigenvalue weighted by atomic mass is 35.5. The van der Waals surface area contributed by atoms with Crippen molar-refractivity contribution in [1.29, 1.82) is 5.26 Å². The molecule has 5 rings (SSSR count). The zero-order valence-corrected chi connectivity index (χ0v) is 19.8. The van der Waals surface area contributed by atoms with Crippen LogP contribution in [-0.2, 0) is 19.6 Å². The molecule has 2 aliphatic rings. The van der Waals surface area contributed by atoms with Gasteiger partial charge in [-0.3, -0.25) is 0 Å². The first kappa shape index (κ1) is 23.4. The third-order valence-electron chi connectivity index (χ3n) is 6.73. The van der Waals surface area contributed by atoms with Crippen molar-refractivity contribution in [3.63, 3.8) is 0 Å². The van der Waals surface area contributed by atoms with Crippen LogP contribution in [0, 0.1) is 34.3 Å². The highest BCUT2D eigenvalue weighted by Crippen LogP contribution is 2.46. The molecule has 1 saturated carbocycles. The van der Waals surface area contributed by atoms with Crippen LogP contribution in [0.2, 0.25) is 5.02 Å². The van der Waals surface area contributed by atoms with Gasteiger partial charge >= 0.3 is 0 Å². The Morgan fingerprint density at radius 2 is 2.09 bits per heavy atom. The second kappa shape index (κ2) is 9.74. The summed E-state index contributed by atoms with van der Waals surface area (Å²) in [4.78, 5) is 12.9. The van der Waals surface area contributed by atoms with Crippen molar-refractivity contribution in [1.82, 2.24) is 19.5 Å². The number of hydrogen-bond acceptors (Lipinski definition) is 5. The quantitative estimate of drug-likeness (QED) is 0.388.